The molecule has 10 heteroatoms. The number of rotatable bonds is 6. The van der Waals surface area contributed by atoms with Gasteiger partial charge in [0, 0.05) is 18.8 Å². The van der Waals surface area contributed by atoms with Crippen molar-refractivity contribution in [3.63, 3.8) is 0 Å². The molecule has 3 atom stereocenters. The molecule has 0 bridgehead atoms. The number of carboxylic acids is 1. The summed E-state index contributed by atoms with van der Waals surface area (Å²) >= 11 is 3.92. The van der Waals surface area contributed by atoms with E-state index in [4.69, 9.17) is 10.8 Å². The molecular formula is C15H24N4O5S. The van der Waals surface area contributed by atoms with E-state index in [2.05, 4.69) is 17.9 Å². The van der Waals surface area contributed by atoms with Gasteiger partial charge in [0.05, 0.1) is 6.54 Å². The summed E-state index contributed by atoms with van der Waals surface area (Å²) in [6, 6.07) is -2.41. The number of nitrogens with one attached hydrogen (secondary N) is 1. The third-order valence-electron chi connectivity index (χ3n) is 4.67. The minimum absolute atomic E-state index is 0.0385. The van der Waals surface area contributed by atoms with Gasteiger partial charge in [-0.15, -0.1) is 0 Å². The summed E-state index contributed by atoms with van der Waals surface area (Å²) in [4.78, 5) is 51.2. The zero-order valence-corrected chi connectivity index (χ0v) is 14.8. The van der Waals surface area contributed by atoms with Crippen molar-refractivity contribution in [1.29, 1.82) is 0 Å². The average Bonchev–Trinajstić information content (AvgIpc) is 3.26. The van der Waals surface area contributed by atoms with E-state index in [-0.39, 0.29) is 24.1 Å². The molecule has 2 rings (SSSR count). The Kier molecular flexibility index (Phi) is 6.65. The number of nitrogens with zero attached hydrogens (tertiary/aromatic N) is 2. The molecule has 25 heavy (non-hydrogen) atoms. The Morgan fingerprint density at radius 2 is 1.72 bits per heavy atom. The minimum atomic E-state index is -1.17. The van der Waals surface area contributed by atoms with Gasteiger partial charge in [0.2, 0.25) is 17.7 Å². The van der Waals surface area contributed by atoms with E-state index >= 15 is 0 Å². The molecule has 2 heterocycles. The monoisotopic (exact) mass is 372 g/mol. The van der Waals surface area contributed by atoms with Gasteiger partial charge in [0.15, 0.2) is 0 Å². The largest absolute Gasteiger partial charge is 0.480 e. The maximum atomic E-state index is 12.9. The summed E-state index contributed by atoms with van der Waals surface area (Å²) in [6.45, 7) is 0.741. The Morgan fingerprint density at radius 1 is 1.12 bits per heavy atom. The first-order chi connectivity index (χ1) is 11.9. The second-order valence-corrected chi connectivity index (χ2v) is 6.59. The average molecular weight is 372 g/mol. The maximum absolute atomic E-state index is 12.9. The van der Waals surface area contributed by atoms with E-state index < -0.39 is 30.0 Å². The lowest BCUT2D eigenvalue weighted by atomic mass is 10.1. The van der Waals surface area contributed by atoms with E-state index in [0.717, 1.165) is 0 Å². The number of likely N-dealkylation sites (tertiary alicyclic amines) is 2. The van der Waals surface area contributed by atoms with Crippen LogP contribution < -0.4 is 11.1 Å². The lowest BCUT2D eigenvalue weighted by Crippen LogP contribution is -2.55. The number of amides is 3. The number of hydrogen-bond acceptors (Lipinski definition) is 6. The quantitative estimate of drug-likeness (QED) is 0.416. The van der Waals surface area contributed by atoms with Gasteiger partial charge in [0.1, 0.15) is 18.1 Å². The highest BCUT2D eigenvalue weighted by atomic mass is 32.1. The molecule has 2 fully saturated rings. The molecule has 3 unspecified atom stereocenters. The van der Waals surface area contributed by atoms with E-state index in [1.54, 1.807) is 0 Å². The Labute approximate surface area is 151 Å². The van der Waals surface area contributed by atoms with Gasteiger partial charge in [-0.3, -0.25) is 14.4 Å². The first-order valence-electron chi connectivity index (χ1n) is 8.34. The van der Waals surface area contributed by atoms with Gasteiger partial charge >= 0.3 is 5.97 Å². The Balaban J connectivity index is 2.07. The van der Waals surface area contributed by atoms with Crippen LogP contribution in [0.1, 0.15) is 25.7 Å². The number of carbonyl (C=O) groups excluding carboxylic acids is 3. The lowest BCUT2D eigenvalue weighted by Gasteiger charge is -2.31. The molecule has 0 saturated carbocycles. The SMILES string of the molecule is NCC(=O)N1CCCC1C(=O)N1CCCC1C(=O)NC(CS)C(=O)O. The zero-order valence-electron chi connectivity index (χ0n) is 13.9. The minimum Gasteiger partial charge on any atom is -0.480 e. The van der Waals surface area contributed by atoms with Crippen molar-refractivity contribution in [1.82, 2.24) is 15.1 Å². The zero-order chi connectivity index (χ0) is 18.6. The molecule has 2 aliphatic heterocycles. The van der Waals surface area contributed by atoms with E-state index in [9.17, 15) is 19.2 Å². The van der Waals surface area contributed by atoms with Crippen molar-refractivity contribution in [2.24, 2.45) is 5.73 Å². The van der Waals surface area contributed by atoms with Crippen LogP contribution in [0.4, 0.5) is 0 Å². The second kappa shape index (κ2) is 8.52. The van der Waals surface area contributed by atoms with Gasteiger partial charge in [-0.1, -0.05) is 0 Å². The fourth-order valence-corrected chi connectivity index (χ4v) is 3.63. The second-order valence-electron chi connectivity index (χ2n) is 6.22. The van der Waals surface area contributed by atoms with Crippen LogP contribution in [0.25, 0.3) is 0 Å². The predicted molar refractivity (Wildman–Crippen MR) is 91.9 cm³/mol. The first-order valence-corrected chi connectivity index (χ1v) is 8.98. The van der Waals surface area contributed by atoms with E-state index in [0.29, 0.717) is 38.8 Å². The van der Waals surface area contributed by atoms with Crippen molar-refractivity contribution in [2.75, 3.05) is 25.4 Å². The number of hydrogen-bond donors (Lipinski definition) is 4. The number of aliphatic carboxylic acids is 1. The predicted octanol–water partition coefficient (Wildman–Crippen LogP) is -1.57. The van der Waals surface area contributed by atoms with Gasteiger partial charge in [-0.25, -0.2) is 4.79 Å². The molecule has 0 radical (unpaired) electrons. The molecule has 3 amide bonds. The summed E-state index contributed by atoms with van der Waals surface area (Å²) in [6.07, 6.45) is 2.38. The number of carboxylic acid groups (broad SMARTS) is 1. The summed E-state index contributed by atoms with van der Waals surface area (Å²) in [7, 11) is 0. The van der Waals surface area contributed by atoms with Gasteiger partial charge in [-0.2, -0.15) is 12.6 Å². The number of thiol groups is 1. The van der Waals surface area contributed by atoms with Crippen molar-refractivity contribution >= 4 is 36.3 Å². The third kappa shape index (κ3) is 4.24. The van der Waals surface area contributed by atoms with E-state index in [1.165, 1.54) is 9.80 Å². The van der Waals surface area contributed by atoms with Crippen LogP contribution in [0.3, 0.4) is 0 Å². The summed E-state index contributed by atoms with van der Waals surface area (Å²) < 4.78 is 0. The van der Waals surface area contributed by atoms with Crippen LogP contribution in [-0.2, 0) is 19.2 Å². The molecule has 2 aliphatic rings. The fraction of sp³-hybridized carbons (Fsp3) is 0.733. The van der Waals surface area contributed by atoms with Crippen molar-refractivity contribution < 1.29 is 24.3 Å². The molecule has 0 aromatic carbocycles. The molecular weight excluding hydrogens is 348 g/mol. The van der Waals surface area contributed by atoms with Crippen molar-refractivity contribution in [2.45, 2.75) is 43.8 Å². The van der Waals surface area contributed by atoms with Crippen molar-refractivity contribution in [3.05, 3.63) is 0 Å². The third-order valence-corrected chi connectivity index (χ3v) is 5.03. The molecule has 0 aliphatic carbocycles. The maximum Gasteiger partial charge on any atom is 0.327 e. The summed E-state index contributed by atoms with van der Waals surface area (Å²) in [5, 5.41) is 11.5. The van der Waals surface area contributed by atoms with Gasteiger partial charge in [0.25, 0.3) is 0 Å². The van der Waals surface area contributed by atoms with Gasteiger partial charge in [-0.05, 0) is 25.7 Å². The summed E-state index contributed by atoms with van der Waals surface area (Å²) in [5.74, 6) is -2.26. The smallest absolute Gasteiger partial charge is 0.327 e. The standard InChI is InChI=1S/C15H24N4O5S/c16-7-12(20)18-5-2-4-11(18)14(22)19-6-1-3-10(19)13(21)17-9(8-25)15(23)24/h9-11,25H,1-8,16H2,(H,17,21)(H,23,24). The highest BCUT2D eigenvalue weighted by Crippen LogP contribution is 2.25. The summed E-state index contributed by atoms with van der Waals surface area (Å²) in [5.41, 5.74) is 5.40. The Hall–Kier alpha value is -1.81. The van der Waals surface area contributed by atoms with Crippen LogP contribution in [0, 0.1) is 0 Å². The highest BCUT2D eigenvalue weighted by molar-refractivity contribution is 7.80. The van der Waals surface area contributed by atoms with Crippen LogP contribution >= 0.6 is 12.6 Å². The molecule has 0 spiro atoms. The van der Waals surface area contributed by atoms with E-state index in [1.807, 2.05) is 0 Å². The number of nitrogens with two attached hydrogens (primary N) is 1. The molecule has 0 aromatic rings. The molecule has 2 saturated heterocycles. The molecule has 4 N–H and O–H groups in total. The topological polar surface area (TPSA) is 133 Å². The van der Waals surface area contributed by atoms with Crippen LogP contribution in [0.2, 0.25) is 0 Å². The normalized spacial score (nSPS) is 24.2. The molecule has 9 nitrogen and oxygen atoms in total. The van der Waals surface area contributed by atoms with Crippen LogP contribution in [-0.4, -0.2) is 82.1 Å². The molecule has 0 aromatic heterocycles. The lowest BCUT2D eigenvalue weighted by molar-refractivity contribution is -0.147. The first kappa shape index (κ1) is 19.5. The van der Waals surface area contributed by atoms with Gasteiger partial charge < -0.3 is 26.0 Å². The molecule has 140 valence electrons. The highest BCUT2D eigenvalue weighted by Gasteiger charge is 2.42. The van der Waals surface area contributed by atoms with Crippen LogP contribution in [0.5, 0.6) is 0 Å². The number of carbonyl (C=O) groups is 4. The Morgan fingerprint density at radius 3 is 2.28 bits per heavy atom. The van der Waals surface area contributed by atoms with Crippen LogP contribution in [0.15, 0.2) is 0 Å². The Bertz CT molecular complexity index is 558. The fourth-order valence-electron chi connectivity index (χ4n) is 3.39. The van der Waals surface area contributed by atoms with Crippen molar-refractivity contribution in [3.8, 4) is 0 Å².